The minimum Gasteiger partial charge on any atom is -0.361 e. The highest BCUT2D eigenvalue weighted by atomic mass is 28.3. The molecule has 1 aliphatic rings. The van der Waals surface area contributed by atoms with Crippen LogP contribution in [0.5, 0.6) is 0 Å². The minimum atomic E-state index is -1.17. The van der Waals surface area contributed by atoms with Crippen LogP contribution >= 0.6 is 0 Å². The van der Waals surface area contributed by atoms with Crippen molar-refractivity contribution in [2.24, 2.45) is 0 Å². The van der Waals surface area contributed by atoms with E-state index in [1.807, 2.05) is 19.2 Å². The number of amides is 1. The number of carbonyl (C=O) groups is 1. The van der Waals surface area contributed by atoms with E-state index in [1.165, 1.54) is 18.5 Å². The summed E-state index contributed by atoms with van der Waals surface area (Å²) in [5.41, 5.74) is 4.20. The van der Waals surface area contributed by atoms with E-state index in [-0.39, 0.29) is 5.91 Å². The van der Waals surface area contributed by atoms with E-state index < -0.39 is 8.07 Å². The van der Waals surface area contributed by atoms with Gasteiger partial charge in [0.2, 0.25) is 0 Å². The molecular formula is C28H37N5O3Si. The third kappa shape index (κ3) is 5.79. The third-order valence-corrected chi connectivity index (χ3v) is 9.00. The molecule has 0 aliphatic carbocycles. The van der Waals surface area contributed by atoms with Gasteiger partial charge < -0.3 is 19.1 Å². The van der Waals surface area contributed by atoms with E-state index >= 15 is 0 Å². The van der Waals surface area contributed by atoms with Crippen molar-refractivity contribution < 1.29 is 14.1 Å². The zero-order valence-corrected chi connectivity index (χ0v) is 23.5. The van der Waals surface area contributed by atoms with Crippen molar-refractivity contribution in [2.45, 2.75) is 71.7 Å². The van der Waals surface area contributed by atoms with Crippen molar-refractivity contribution in [3.8, 4) is 0 Å². The van der Waals surface area contributed by atoms with E-state index in [2.05, 4.69) is 57.6 Å². The van der Waals surface area contributed by atoms with E-state index in [1.54, 1.807) is 18.2 Å². The number of benzene rings is 1. The van der Waals surface area contributed by atoms with Gasteiger partial charge in [0.1, 0.15) is 12.5 Å². The number of fused-ring (bicyclic) bond motifs is 2. The highest BCUT2D eigenvalue weighted by Gasteiger charge is 2.23. The second-order valence-electron chi connectivity index (χ2n) is 11.4. The summed E-state index contributed by atoms with van der Waals surface area (Å²) in [5, 5.41) is 8.83. The van der Waals surface area contributed by atoms with Gasteiger partial charge in [-0.3, -0.25) is 9.69 Å². The Morgan fingerprint density at radius 2 is 2.08 bits per heavy atom. The molecule has 4 heterocycles. The Morgan fingerprint density at radius 1 is 1.24 bits per heavy atom. The third-order valence-electron chi connectivity index (χ3n) is 7.30. The smallest absolute Gasteiger partial charge is 0.256 e. The monoisotopic (exact) mass is 519 g/mol. The molecule has 196 valence electrons. The first-order valence-corrected chi connectivity index (χ1v) is 16.9. The maximum atomic E-state index is 13.1. The normalized spacial score (nSPS) is 16.7. The van der Waals surface area contributed by atoms with Crippen LogP contribution in [0.25, 0.3) is 21.9 Å². The maximum absolute atomic E-state index is 13.1. The molecule has 0 radical (unpaired) electrons. The number of rotatable bonds is 9. The average Bonchev–Trinajstić information content (AvgIpc) is 3.53. The highest BCUT2D eigenvalue weighted by molar-refractivity contribution is 6.76. The number of anilines is 1. The SMILES string of the molecule is Cc1noc2ccc(C(=O)Nc3cc4c(cn3)cc(CN3CCC[C@@H]3C)n4COCC[Si](C)(C)C)cc12. The summed E-state index contributed by atoms with van der Waals surface area (Å²) in [6, 6.07) is 11.2. The predicted octanol–water partition coefficient (Wildman–Crippen LogP) is 6.03. The lowest BCUT2D eigenvalue weighted by atomic mass is 10.1. The van der Waals surface area contributed by atoms with Crippen LogP contribution in [0.4, 0.5) is 5.82 Å². The number of carbonyl (C=O) groups excluding carboxylic acids is 1. The summed E-state index contributed by atoms with van der Waals surface area (Å²) in [6.07, 6.45) is 4.32. The number of hydrogen-bond donors (Lipinski definition) is 1. The molecule has 0 spiro atoms. The van der Waals surface area contributed by atoms with Gasteiger partial charge in [-0.1, -0.05) is 24.8 Å². The zero-order valence-electron chi connectivity index (χ0n) is 22.5. The number of aromatic nitrogens is 3. The first-order chi connectivity index (χ1) is 17.7. The molecule has 1 N–H and O–H groups in total. The molecule has 1 atom stereocenters. The lowest BCUT2D eigenvalue weighted by Gasteiger charge is -2.22. The molecule has 1 saturated heterocycles. The molecule has 3 aromatic heterocycles. The van der Waals surface area contributed by atoms with Crippen molar-refractivity contribution in [3.05, 3.63) is 53.5 Å². The summed E-state index contributed by atoms with van der Waals surface area (Å²) < 4.78 is 13.7. The van der Waals surface area contributed by atoms with E-state index in [4.69, 9.17) is 9.26 Å². The van der Waals surface area contributed by atoms with Crippen molar-refractivity contribution in [2.75, 3.05) is 18.5 Å². The molecule has 4 aromatic rings. The van der Waals surface area contributed by atoms with E-state index in [9.17, 15) is 4.79 Å². The summed E-state index contributed by atoms with van der Waals surface area (Å²) in [4.78, 5) is 20.1. The minimum absolute atomic E-state index is 0.218. The maximum Gasteiger partial charge on any atom is 0.256 e. The quantitative estimate of drug-likeness (QED) is 0.214. The molecule has 5 rings (SSSR count). The largest absolute Gasteiger partial charge is 0.361 e. The Hall–Kier alpha value is -3.01. The van der Waals surface area contributed by atoms with Gasteiger partial charge in [0.05, 0.1) is 11.2 Å². The summed E-state index contributed by atoms with van der Waals surface area (Å²) >= 11 is 0. The van der Waals surface area contributed by atoms with Crippen LogP contribution in [-0.4, -0.2) is 52.8 Å². The van der Waals surface area contributed by atoms with Crippen LogP contribution in [0.1, 0.15) is 41.5 Å². The van der Waals surface area contributed by atoms with Gasteiger partial charge in [-0.05, 0) is 63.5 Å². The first-order valence-electron chi connectivity index (χ1n) is 13.2. The van der Waals surface area contributed by atoms with Gasteiger partial charge in [0.15, 0.2) is 5.58 Å². The van der Waals surface area contributed by atoms with E-state index in [0.29, 0.717) is 29.7 Å². The fourth-order valence-corrected chi connectivity index (χ4v) is 5.68. The highest BCUT2D eigenvalue weighted by Crippen LogP contribution is 2.27. The predicted molar refractivity (Wildman–Crippen MR) is 150 cm³/mol. The number of aryl methyl sites for hydroxylation is 1. The second-order valence-corrected chi connectivity index (χ2v) is 17.1. The number of pyridine rings is 1. The molecule has 9 heteroatoms. The van der Waals surface area contributed by atoms with E-state index in [0.717, 1.165) is 47.7 Å². The first kappa shape index (κ1) is 25.6. The number of nitrogens with zero attached hydrogens (tertiary/aromatic N) is 4. The van der Waals surface area contributed by atoms with Gasteiger partial charge in [-0.2, -0.15) is 0 Å². The Bertz CT molecular complexity index is 1420. The average molecular weight is 520 g/mol. The molecule has 1 amide bonds. The summed E-state index contributed by atoms with van der Waals surface area (Å²) in [7, 11) is -1.17. The van der Waals surface area contributed by atoms with Crippen molar-refractivity contribution in [1.82, 2.24) is 19.6 Å². The molecule has 1 aromatic carbocycles. The fourth-order valence-electron chi connectivity index (χ4n) is 4.92. The molecule has 8 nitrogen and oxygen atoms in total. The van der Waals surface area contributed by atoms with Crippen LogP contribution in [0.15, 0.2) is 41.1 Å². The molecule has 1 aliphatic heterocycles. The topological polar surface area (TPSA) is 85.4 Å². The molecular weight excluding hydrogens is 482 g/mol. The van der Waals surface area contributed by atoms with Crippen LogP contribution < -0.4 is 5.32 Å². The van der Waals surface area contributed by atoms with Crippen molar-refractivity contribution in [1.29, 1.82) is 0 Å². The lowest BCUT2D eigenvalue weighted by Crippen LogP contribution is -2.27. The zero-order chi connectivity index (χ0) is 26.2. The van der Waals surface area contributed by atoms with Gasteiger partial charge in [-0.25, -0.2) is 4.98 Å². The number of hydrogen-bond acceptors (Lipinski definition) is 6. The Morgan fingerprint density at radius 3 is 2.84 bits per heavy atom. The van der Waals surface area contributed by atoms with Gasteiger partial charge >= 0.3 is 0 Å². The Kier molecular flexibility index (Phi) is 7.20. The standard InChI is InChI=1S/C28H37N5O3Si/c1-19-7-6-10-32(19)17-23-13-22-16-29-27(15-25(22)33(23)18-35-11-12-37(3,4)5)30-28(34)21-8-9-26-24(14-21)20(2)31-36-26/h8-9,13-16,19H,6-7,10-12,17-18H2,1-5H3,(H,29,30,34)/t19-/m0/s1. The lowest BCUT2D eigenvalue weighted by molar-refractivity contribution is 0.0863. The van der Waals surface area contributed by atoms with Gasteiger partial charge in [0.25, 0.3) is 5.91 Å². The van der Waals surface area contributed by atoms with Crippen LogP contribution in [0, 0.1) is 6.92 Å². The van der Waals surface area contributed by atoms with Crippen LogP contribution in [0.2, 0.25) is 25.7 Å². The molecule has 1 fully saturated rings. The Labute approximate surface area is 219 Å². The molecule has 0 unspecified atom stereocenters. The summed E-state index contributed by atoms with van der Waals surface area (Å²) in [5.74, 6) is 0.298. The molecule has 0 saturated carbocycles. The summed E-state index contributed by atoms with van der Waals surface area (Å²) in [6.45, 7) is 14.5. The van der Waals surface area contributed by atoms with Crippen molar-refractivity contribution >= 4 is 41.7 Å². The van der Waals surface area contributed by atoms with Crippen LogP contribution in [-0.2, 0) is 18.0 Å². The molecule has 0 bridgehead atoms. The van der Waals surface area contributed by atoms with Crippen LogP contribution in [0.3, 0.4) is 0 Å². The Balaban J connectivity index is 1.40. The number of likely N-dealkylation sites (tertiary alicyclic amines) is 1. The number of ether oxygens (including phenoxy) is 1. The molecule has 37 heavy (non-hydrogen) atoms. The van der Waals surface area contributed by atoms with Crippen molar-refractivity contribution in [3.63, 3.8) is 0 Å². The second kappa shape index (κ2) is 10.4. The van der Waals surface area contributed by atoms with Gasteiger partial charge in [-0.15, -0.1) is 0 Å². The fraction of sp³-hybridized carbons (Fsp3) is 0.464. The number of nitrogens with one attached hydrogen (secondary N) is 1. The van der Waals surface area contributed by atoms with Gasteiger partial charge in [0, 0.05) is 61.6 Å².